The van der Waals surface area contributed by atoms with E-state index >= 15 is 0 Å². The molecule has 0 spiro atoms. The highest BCUT2D eigenvalue weighted by atomic mass is 16.5. The first-order valence-corrected chi connectivity index (χ1v) is 8.61. The molecule has 2 aliphatic heterocycles. The number of esters is 2. The summed E-state index contributed by atoms with van der Waals surface area (Å²) < 4.78 is 10.0. The summed E-state index contributed by atoms with van der Waals surface area (Å²) in [6.45, 7) is 13.3. The zero-order valence-corrected chi connectivity index (χ0v) is 16.1. The summed E-state index contributed by atoms with van der Waals surface area (Å²) in [7, 11) is 2.76. The van der Waals surface area contributed by atoms with Gasteiger partial charge in [-0.3, -0.25) is 9.59 Å². The highest BCUT2D eigenvalue weighted by Gasteiger charge is 2.60. The first kappa shape index (κ1) is 19.0. The van der Waals surface area contributed by atoms with Crippen LogP contribution >= 0.6 is 0 Å². The second kappa shape index (κ2) is 6.21. The number of ether oxygens (including phenoxy) is 2. The fraction of sp³-hybridized carbons (Fsp3) is 0.778. The topological polar surface area (TPSA) is 55.8 Å². The van der Waals surface area contributed by atoms with Gasteiger partial charge >= 0.3 is 11.9 Å². The Morgan fingerprint density at radius 1 is 0.958 bits per heavy atom. The van der Waals surface area contributed by atoms with Crippen LogP contribution in [0.25, 0.3) is 0 Å². The molecule has 6 heteroatoms. The molecule has 0 amide bonds. The molecule has 5 nitrogen and oxygen atoms in total. The number of allylic oxidation sites excluding steroid dienone is 1. The first-order valence-electron chi connectivity index (χ1n) is 8.61. The molecule has 0 aromatic rings. The van der Waals surface area contributed by atoms with Gasteiger partial charge in [-0.15, -0.1) is 0 Å². The third-order valence-electron chi connectivity index (χ3n) is 6.44. The molecule has 1 saturated heterocycles. The van der Waals surface area contributed by atoms with Crippen molar-refractivity contribution in [1.29, 1.82) is 0 Å². The molecule has 3 aliphatic rings. The second-order valence-corrected chi connectivity index (χ2v) is 8.51. The van der Waals surface area contributed by atoms with Gasteiger partial charge in [0.05, 0.1) is 26.1 Å². The SMILES string of the molecule is COC(=O)C1C2C=CC(C1C(=O)OC)N(C(C)(C)C(C)(C)C)B2C. The second-order valence-electron chi connectivity index (χ2n) is 8.51. The normalized spacial score (nSPS) is 30.4. The predicted octanol–water partition coefficient (Wildman–Crippen LogP) is 2.64. The van der Waals surface area contributed by atoms with Crippen molar-refractivity contribution in [2.75, 3.05) is 14.2 Å². The summed E-state index contributed by atoms with van der Waals surface area (Å²) in [4.78, 5) is 27.3. The Bertz CT molecular complexity index is 552. The highest BCUT2D eigenvalue weighted by Crippen LogP contribution is 2.51. The van der Waals surface area contributed by atoms with Crippen molar-refractivity contribution < 1.29 is 19.1 Å². The van der Waals surface area contributed by atoms with Gasteiger partial charge < -0.3 is 14.3 Å². The van der Waals surface area contributed by atoms with Gasteiger partial charge in [0.1, 0.15) is 0 Å². The van der Waals surface area contributed by atoms with Crippen LogP contribution < -0.4 is 0 Å². The Hall–Kier alpha value is -1.30. The Labute approximate surface area is 145 Å². The molecule has 2 heterocycles. The molecule has 2 bridgehead atoms. The largest absolute Gasteiger partial charge is 0.469 e. The van der Waals surface area contributed by atoms with Crippen molar-refractivity contribution in [3.63, 3.8) is 0 Å². The Kier molecular flexibility index (Phi) is 4.93. The van der Waals surface area contributed by atoms with Crippen LogP contribution in [0.3, 0.4) is 0 Å². The molecule has 24 heavy (non-hydrogen) atoms. The Balaban J connectivity index is 2.53. The predicted molar refractivity (Wildman–Crippen MR) is 94.7 cm³/mol. The summed E-state index contributed by atoms with van der Waals surface area (Å²) in [6.07, 6.45) is 4.14. The van der Waals surface area contributed by atoms with E-state index in [0.717, 1.165) is 0 Å². The van der Waals surface area contributed by atoms with Crippen LogP contribution in [0.2, 0.25) is 12.6 Å². The fourth-order valence-electron chi connectivity index (χ4n) is 4.25. The van der Waals surface area contributed by atoms with Crippen molar-refractivity contribution in [1.82, 2.24) is 4.81 Å². The van der Waals surface area contributed by atoms with E-state index < -0.39 is 11.8 Å². The standard InChI is InChI=1S/C18H30BNO4/c1-17(2,3)18(4,5)20-12-10-9-11(19(20)6)13(15(21)23-7)14(12)16(22)24-8/h9-14H,1-8H3. The zero-order valence-electron chi connectivity index (χ0n) is 16.1. The quantitative estimate of drug-likeness (QED) is 0.451. The molecule has 0 saturated carbocycles. The maximum absolute atomic E-state index is 12.5. The van der Waals surface area contributed by atoms with E-state index in [1.807, 2.05) is 0 Å². The number of fused-ring (bicyclic) bond motifs is 2. The van der Waals surface area contributed by atoms with E-state index in [9.17, 15) is 9.59 Å². The van der Waals surface area contributed by atoms with Crippen LogP contribution in [-0.2, 0) is 19.1 Å². The van der Waals surface area contributed by atoms with Crippen LogP contribution in [0.5, 0.6) is 0 Å². The van der Waals surface area contributed by atoms with Crippen LogP contribution in [0.1, 0.15) is 34.6 Å². The molecule has 0 aromatic carbocycles. The Morgan fingerprint density at radius 2 is 1.46 bits per heavy atom. The summed E-state index contributed by atoms with van der Waals surface area (Å²) in [5.74, 6) is -1.75. The lowest BCUT2D eigenvalue weighted by molar-refractivity contribution is -0.162. The zero-order chi connectivity index (χ0) is 18.4. The minimum absolute atomic E-state index is 0.00795. The van der Waals surface area contributed by atoms with Crippen molar-refractivity contribution in [3.8, 4) is 0 Å². The van der Waals surface area contributed by atoms with E-state index in [2.05, 4.69) is 58.4 Å². The van der Waals surface area contributed by atoms with Crippen LogP contribution in [0, 0.1) is 17.3 Å². The lowest BCUT2D eigenvalue weighted by atomic mass is 9.38. The van der Waals surface area contributed by atoms with Gasteiger partial charge in [-0.25, -0.2) is 0 Å². The van der Waals surface area contributed by atoms with Crippen LogP contribution in [0.15, 0.2) is 12.2 Å². The van der Waals surface area contributed by atoms with Crippen molar-refractivity contribution in [2.24, 2.45) is 17.3 Å². The smallest absolute Gasteiger partial charge is 0.311 e. The van der Waals surface area contributed by atoms with Gasteiger partial charge in [0.2, 0.25) is 6.85 Å². The molecular formula is C18H30BNO4. The molecular weight excluding hydrogens is 305 g/mol. The molecule has 3 rings (SSSR count). The van der Waals surface area contributed by atoms with E-state index in [1.54, 1.807) is 0 Å². The molecule has 1 aliphatic carbocycles. The van der Waals surface area contributed by atoms with Crippen molar-refractivity contribution >= 4 is 18.8 Å². The molecule has 134 valence electrons. The number of carbonyl (C=O) groups is 2. The molecule has 4 atom stereocenters. The van der Waals surface area contributed by atoms with Gasteiger partial charge in [-0.1, -0.05) is 39.7 Å². The van der Waals surface area contributed by atoms with E-state index in [-0.39, 0.29) is 41.6 Å². The number of methoxy groups -OCH3 is 2. The summed E-state index contributed by atoms with van der Waals surface area (Å²) in [5, 5.41) is 0. The van der Waals surface area contributed by atoms with Gasteiger partial charge in [0.15, 0.2) is 0 Å². The summed E-state index contributed by atoms with van der Waals surface area (Å²) in [6, 6.07) is -0.171. The van der Waals surface area contributed by atoms with Crippen LogP contribution in [-0.4, -0.2) is 49.4 Å². The molecule has 4 unspecified atom stereocenters. The number of nitrogens with zero attached hydrogens (tertiary/aromatic N) is 1. The molecule has 1 fully saturated rings. The van der Waals surface area contributed by atoms with Crippen molar-refractivity contribution in [3.05, 3.63) is 12.2 Å². The van der Waals surface area contributed by atoms with E-state index in [0.29, 0.717) is 0 Å². The lowest BCUT2D eigenvalue weighted by Gasteiger charge is -2.60. The minimum atomic E-state index is -0.532. The van der Waals surface area contributed by atoms with Crippen LogP contribution in [0.4, 0.5) is 0 Å². The maximum Gasteiger partial charge on any atom is 0.311 e. The van der Waals surface area contributed by atoms with Gasteiger partial charge in [0, 0.05) is 11.6 Å². The number of rotatable bonds is 3. The minimum Gasteiger partial charge on any atom is -0.469 e. The maximum atomic E-state index is 12.5. The molecule has 0 N–H and O–H groups in total. The van der Waals surface area contributed by atoms with Gasteiger partial charge in [-0.05, 0) is 25.1 Å². The first-order chi connectivity index (χ1) is 11.0. The number of hydrogen-bond donors (Lipinski definition) is 0. The summed E-state index contributed by atoms with van der Waals surface area (Å²) in [5.41, 5.74) is -0.151. The summed E-state index contributed by atoms with van der Waals surface area (Å²) >= 11 is 0. The average Bonchev–Trinajstić information content (AvgIpc) is 2.51. The average molecular weight is 335 g/mol. The Morgan fingerprint density at radius 3 is 1.92 bits per heavy atom. The van der Waals surface area contributed by atoms with E-state index in [4.69, 9.17) is 9.47 Å². The molecule has 0 aromatic heterocycles. The van der Waals surface area contributed by atoms with Gasteiger partial charge in [-0.2, -0.15) is 0 Å². The third-order valence-corrected chi connectivity index (χ3v) is 6.44. The molecule has 0 radical (unpaired) electrons. The van der Waals surface area contributed by atoms with E-state index in [1.165, 1.54) is 14.2 Å². The highest BCUT2D eigenvalue weighted by molar-refractivity contribution is 6.58. The monoisotopic (exact) mass is 335 g/mol. The van der Waals surface area contributed by atoms with Crippen molar-refractivity contribution in [2.45, 2.75) is 58.8 Å². The fourth-order valence-corrected chi connectivity index (χ4v) is 4.25. The van der Waals surface area contributed by atoms with Gasteiger partial charge in [0.25, 0.3) is 0 Å². The third kappa shape index (κ3) is 2.69. The number of hydrogen-bond acceptors (Lipinski definition) is 5. The number of carbonyl (C=O) groups excluding carboxylic acids is 2. The lowest BCUT2D eigenvalue weighted by Crippen LogP contribution is -2.71.